The molecule has 0 amide bonds. The lowest BCUT2D eigenvalue weighted by Gasteiger charge is -2.09. The highest BCUT2D eigenvalue weighted by atomic mass is 35.5. The molecule has 6 heteroatoms. The second-order valence-corrected chi connectivity index (χ2v) is 4.89. The van der Waals surface area contributed by atoms with E-state index in [-0.39, 0.29) is 5.69 Å². The molecule has 3 rings (SSSR count). The Kier molecular flexibility index (Phi) is 3.59. The molecule has 0 aliphatic carbocycles. The lowest BCUT2D eigenvalue weighted by molar-refractivity contribution is 0.446. The molecular formula is C15H10ClF3N2. The summed E-state index contributed by atoms with van der Waals surface area (Å²) in [4.78, 5) is 4.40. The Labute approximate surface area is 123 Å². The van der Waals surface area contributed by atoms with Crippen molar-refractivity contribution in [3.8, 4) is 5.69 Å². The van der Waals surface area contributed by atoms with E-state index in [9.17, 15) is 13.2 Å². The van der Waals surface area contributed by atoms with Gasteiger partial charge in [-0.2, -0.15) is 0 Å². The molecule has 0 unspecified atom stereocenters. The van der Waals surface area contributed by atoms with Crippen LogP contribution in [0, 0.1) is 17.5 Å². The van der Waals surface area contributed by atoms with Crippen molar-refractivity contribution in [2.75, 3.05) is 5.88 Å². The van der Waals surface area contributed by atoms with Crippen LogP contribution in [0.4, 0.5) is 13.2 Å². The first kappa shape index (κ1) is 13.9. The lowest BCUT2D eigenvalue weighted by Crippen LogP contribution is -2.04. The molecule has 0 aliphatic heterocycles. The lowest BCUT2D eigenvalue weighted by atomic mass is 10.2. The molecule has 0 N–H and O–H groups in total. The number of aryl methyl sites for hydroxylation is 1. The molecule has 3 aromatic rings. The number of hydrogen-bond acceptors (Lipinski definition) is 1. The first-order valence-electron chi connectivity index (χ1n) is 6.29. The second kappa shape index (κ2) is 5.41. The summed E-state index contributed by atoms with van der Waals surface area (Å²) >= 11 is 5.75. The van der Waals surface area contributed by atoms with Gasteiger partial charge >= 0.3 is 0 Å². The Hall–Kier alpha value is -2.01. The Morgan fingerprint density at radius 1 is 1.05 bits per heavy atom. The minimum atomic E-state index is -1.48. The normalized spacial score (nSPS) is 11.2. The summed E-state index contributed by atoms with van der Waals surface area (Å²) in [5.74, 6) is -3.08. The van der Waals surface area contributed by atoms with Gasteiger partial charge in [0.15, 0.2) is 17.5 Å². The zero-order valence-corrected chi connectivity index (χ0v) is 11.5. The standard InChI is InChI=1S/C15H10ClF3N2/c16-6-5-14-20-12-3-1-2-4-13(12)21(14)9-7-10(17)15(19)11(18)8-9/h1-4,7-8H,5-6H2. The largest absolute Gasteiger partial charge is 0.296 e. The zero-order chi connectivity index (χ0) is 15.0. The molecule has 0 fully saturated rings. The fraction of sp³-hybridized carbons (Fsp3) is 0.133. The van der Waals surface area contributed by atoms with Crippen LogP contribution in [0.25, 0.3) is 16.7 Å². The Bertz CT molecular complexity index is 791. The second-order valence-electron chi connectivity index (χ2n) is 4.51. The van der Waals surface area contributed by atoms with Gasteiger partial charge in [-0.25, -0.2) is 18.2 Å². The maximum atomic E-state index is 13.5. The van der Waals surface area contributed by atoms with Gasteiger partial charge in [0.25, 0.3) is 0 Å². The summed E-state index contributed by atoms with van der Waals surface area (Å²) in [5, 5.41) is 0. The maximum Gasteiger partial charge on any atom is 0.194 e. The summed E-state index contributed by atoms with van der Waals surface area (Å²) < 4.78 is 41.7. The molecule has 0 spiro atoms. The number of alkyl halides is 1. The number of imidazole rings is 1. The van der Waals surface area contributed by atoms with E-state index in [0.29, 0.717) is 29.2 Å². The van der Waals surface area contributed by atoms with Gasteiger partial charge in [0, 0.05) is 24.4 Å². The molecular weight excluding hydrogens is 301 g/mol. The van der Waals surface area contributed by atoms with Crippen molar-refractivity contribution < 1.29 is 13.2 Å². The SMILES string of the molecule is Fc1cc(-n2c(CCCl)nc3ccccc32)cc(F)c1F. The van der Waals surface area contributed by atoms with E-state index < -0.39 is 17.5 Å². The molecule has 2 nitrogen and oxygen atoms in total. The smallest absolute Gasteiger partial charge is 0.194 e. The number of fused-ring (bicyclic) bond motifs is 1. The van der Waals surface area contributed by atoms with E-state index in [0.717, 1.165) is 12.1 Å². The fourth-order valence-electron chi connectivity index (χ4n) is 2.29. The molecule has 0 saturated heterocycles. The first-order valence-corrected chi connectivity index (χ1v) is 6.82. The Balaban J connectivity index is 2.30. The molecule has 0 radical (unpaired) electrons. The van der Waals surface area contributed by atoms with Gasteiger partial charge in [-0.1, -0.05) is 12.1 Å². The van der Waals surface area contributed by atoms with E-state index in [1.807, 2.05) is 6.07 Å². The van der Waals surface area contributed by atoms with Gasteiger partial charge < -0.3 is 0 Å². The van der Waals surface area contributed by atoms with Crippen LogP contribution in [-0.4, -0.2) is 15.4 Å². The van der Waals surface area contributed by atoms with Crippen LogP contribution in [-0.2, 0) is 6.42 Å². The number of rotatable bonds is 3. The molecule has 0 saturated carbocycles. The number of hydrogen-bond donors (Lipinski definition) is 0. The topological polar surface area (TPSA) is 17.8 Å². The van der Waals surface area contributed by atoms with Crippen molar-refractivity contribution >= 4 is 22.6 Å². The van der Waals surface area contributed by atoms with Crippen molar-refractivity contribution in [3.05, 3.63) is 59.7 Å². The monoisotopic (exact) mass is 310 g/mol. The van der Waals surface area contributed by atoms with Crippen molar-refractivity contribution in [2.24, 2.45) is 0 Å². The maximum absolute atomic E-state index is 13.5. The number of aromatic nitrogens is 2. The van der Waals surface area contributed by atoms with Crippen LogP contribution in [0.1, 0.15) is 5.82 Å². The van der Waals surface area contributed by atoms with Crippen LogP contribution >= 0.6 is 11.6 Å². The average Bonchev–Trinajstić information content (AvgIpc) is 2.82. The van der Waals surface area contributed by atoms with Crippen LogP contribution in [0.5, 0.6) is 0 Å². The third-order valence-corrected chi connectivity index (χ3v) is 3.36. The predicted octanol–water partition coefficient (Wildman–Crippen LogP) is 4.22. The molecule has 2 aromatic carbocycles. The Morgan fingerprint density at radius 3 is 2.38 bits per heavy atom. The van der Waals surface area contributed by atoms with Gasteiger partial charge in [-0.3, -0.25) is 4.57 Å². The highest BCUT2D eigenvalue weighted by Crippen LogP contribution is 2.24. The van der Waals surface area contributed by atoms with Crippen LogP contribution in [0.2, 0.25) is 0 Å². The van der Waals surface area contributed by atoms with Gasteiger partial charge in [-0.05, 0) is 12.1 Å². The van der Waals surface area contributed by atoms with Crippen LogP contribution < -0.4 is 0 Å². The van der Waals surface area contributed by atoms with Crippen molar-refractivity contribution in [1.29, 1.82) is 0 Å². The van der Waals surface area contributed by atoms with E-state index in [1.54, 1.807) is 22.8 Å². The van der Waals surface area contributed by atoms with E-state index in [2.05, 4.69) is 4.98 Å². The number of para-hydroxylation sites is 2. The number of nitrogens with zero attached hydrogens (tertiary/aromatic N) is 2. The zero-order valence-electron chi connectivity index (χ0n) is 10.8. The summed E-state index contributed by atoms with van der Waals surface area (Å²) in [6.07, 6.45) is 0.427. The highest BCUT2D eigenvalue weighted by Gasteiger charge is 2.16. The molecule has 0 bridgehead atoms. The minimum Gasteiger partial charge on any atom is -0.296 e. The highest BCUT2D eigenvalue weighted by molar-refractivity contribution is 6.17. The van der Waals surface area contributed by atoms with Gasteiger partial charge in [-0.15, -0.1) is 11.6 Å². The van der Waals surface area contributed by atoms with Gasteiger partial charge in [0.2, 0.25) is 0 Å². The third-order valence-electron chi connectivity index (χ3n) is 3.18. The van der Waals surface area contributed by atoms with Gasteiger partial charge in [0.05, 0.1) is 16.7 Å². The van der Waals surface area contributed by atoms with E-state index >= 15 is 0 Å². The first-order chi connectivity index (χ1) is 10.1. The molecule has 21 heavy (non-hydrogen) atoms. The van der Waals surface area contributed by atoms with Crippen LogP contribution in [0.15, 0.2) is 36.4 Å². The summed E-state index contributed by atoms with van der Waals surface area (Å²) in [7, 11) is 0. The van der Waals surface area contributed by atoms with Crippen molar-refractivity contribution in [2.45, 2.75) is 6.42 Å². The number of benzene rings is 2. The summed E-state index contributed by atoms with van der Waals surface area (Å²) in [5.41, 5.74) is 1.55. The summed E-state index contributed by atoms with van der Waals surface area (Å²) in [6, 6.07) is 9.07. The van der Waals surface area contributed by atoms with Crippen LogP contribution in [0.3, 0.4) is 0 Å². The van der Waals surface area contributed by atoms with Gasteiger partial charge in [0.1, 0.15) is 5.82 Å². The average molecular weight is 311 g/mol. The van der Waals surface area contributed by atoms with Crippen molar-refractivity contribution in [1.82, 2.24) is 9.55 Å². The molecule has 0 atom stereocenters. The minimum absolute atomic E-state index is 0.181. The predicted molar refractivity (Wildman–Crippen MR) is 75.4 cm³/mol. The fourth-order valence-corrected chi connectivity index (χ4v) is 2.46. The molecule has 0 aliphatic rings. The van der Waals surface area contributed by atoms with E-state index in [1.165, 1.54) is 0 Å². The number of halogens is 4. The van der Waals surface area contributed by atoms with E-state index in [4.69, 9.17) is 11.6 Å². The molecule has 1 aromatic heterocycles. The molecule has 1 heterocycles. The Morgan fingerprint density at radius 2 is 1.71 bits per heavy atom. The quantitative estimate of drug-likeness (QED) is 0.523. The summed E-state index contributed by atoms with van der Waals surface area (Å²) in [6.45, 7) is 0. The third kappa shape index (κ3) is 2.38. The van der Waals surface area contributed by atoms with Crippen molar-refractivity contribution in [3.63, 3.8) is 0 Å². The molecule has 108 valence electrons.